The van der Waals surface area contributed by atoms with Crippen LogP contribution < -0.4 is 4.40 Å². The van der Waals surface area contributed by atoms with Crippen molar-refractivity contribution in [3.05, 3.63) is 192 Å². The van der Waals surface area contributed by atoms with Gasteiger partial charge >= 0.3 is 136 Å². The summed E-state index contributed by atoms with van der Waals surface area (Å²) in [6, 6.07) is 59.8. The van der Waals surface area contributed by atoms with Gasteiger partial charge in [-0.3, -0.25) is 4.98 Å². The molecule has 3 heterocycles. The topological polar surface area (TPSA) is 30.7 Å². The zero-order valence-corrected chi connectivity index (χ0v) is 46.1. The number of benzene rings is 7. The SMILES string of the molecule is CC(C)c1cccc(C(C)C)c1-n1c(-c2[c-]ccc3c2sc2cc(-c4ccc(-c5ccccc5)cc4)ccc23)nc2ccccc21.[2H]C([2H])([2H])c1c[c-]c(-c2cc(C(C)(C)C)[c]([Ge]([CH3])([CH3])[CH3])cn2)cc1.[Ir]. The molecule has 7 aromatic carbocycles. The third-order valence-corrected chi connectivity index (χ3v) is 18.1. The van der Waals surface area contributed by atoms with Crippen LogP contribution in [0.4, 0.5) is 0 Å². The maximum atomic E-state index is 7.46. The second-order valence-electron chi connectivity index (χ2n) is 20.3. The number of aromatic nitrogens is 3. The van der Waals surface area contributed by atoms with Crippen LogP contribution in [0.15, 0.2) is 158 Å². The van der Waals surface area contributed by atoms with E-state index < -0.39 is 20.1 Å². The summed E-state index contributed by atoms with van der Waals surface area (Å²) >= 11 is -0.178. The molecule has 0 amide bonds. The molecule has 0 aliphatic rings. The van der Waals surface area contributed by atoms with Gasteiger partial charge in [0.15, 0.2) is 0 Å². The number of para-hydroxylation sites is 3. The van der Waals surface area contributed by atoms with Gasteiger partial charge in [0.2, 0.25) is 0 Å². The van der Waals surface area contributed by atoms with E-state index in [0.29, 0.717) is 17.4 Å². The minimum Gasteiger partial charge on any atom is 0 e. The molecule has 1 radical (unpaired) electrons. The zero-order valence-electron chi connectivity index (χ0n) is 43.7. The van der Waals surface area contributed by atoms with Crippen LogP contribution >= 0.6 is 11.3 Å². The molecule has 0 atom stereocenters. The Morgan fingerprint density at radius 1 is 0.676 bits per heavy atom. The molecule has 0 aliphatic carbocycles. The van der Waals surface area contributed by atoms with Crippen molar-refractivity contribution in [2.24, 2.45) is 0 Å². The summed E-state index contributed by atoms with van der Waals surface area (Å²) in [5, 5.41) is 2.52. The quantitative estimate of drug-likeness (QED) is 0.112. The normalized spacial score (nSPS) is 12.7. The van der Waals surface area contributed by atoms with Crippen molar-refractivity contribution < 1.29 is 24.2 Å². The van der Waals surface area contributed by atoms with E-state index >= 15 is 0 Å². The van der Waals surface area contributed by atoms with Gasteiger partial charge in [-0.05, 0) is 73.5 Å². The van der Waals surface area contributed by atoms with E-state index in [-0.39, 0.29) is 25.5 Å². The summed E-state index contributed by atoms with van der Waals surface area (Å²) in [4.78, 5) is 9.97. The molecule has 10 rings (SSSR count). The monoisotopic (exact) mass is 1150 g/mol. The smallest absolute Gasteiger partial charge is 0 e. The first-order chi connectivity index (χ1) is 33.3. The van der Waals surface area contributed by atoms with Gasteiger partial charge in [-0.15, -0.1) is 18.2 Å². The Morgan fingerprint density at radius 3 is 1.96 bits per heavy atom. The molecule has 0 fully saturated rings. The molecular weight excluding hydrogens is 1080 g/mol. The fourth-order valence-corrected chi connectivity index (χ4v) is 14.0. The van der Waals surface area contributed by atoms with Gasteiger partial charge in [-0.2, -0.15) is 11.3 Å². The van der Waals surface area contributed by atoms with Crippen LogP contribution in [0.5, 0.6) is 0 Å². The number of hydrogen-bond acceptors (Lipinski definition) is 3. The number of aryl methyl sites for hydroxylation is 1. The van der Waals surface area contributed by atoms with Gasteiger partial charge in [0.25, 0.3) is 0 Å². The summed E-state index contributed by atoms with van der Waals surface area (Å²) in [6.07, 6.45) is 2.03. The molecule has 68 heavy (non-hydrogen) atoms. The van der Waals surface area contributed by atoms with Crippen molar-refractivity contribution >= 4 is 60.2 Å². The number of hydrogen-bond donors (Lipinski definition) is 0. The van der Waals surface area contributed by atoms with E-state index in [2.05, 4.69) is 221 Å². The first-order valence-electron chi connectivity index (χ1n) is 25.0. The number of rotatable bonds is 8. The van der Waals surface area contributed by atoms with Crippen molar-refractivity contribution in [3.8, 4) is 50.6 Å². The van der Waals surface area contributed by atoms with Crippen molar-refractivity contribution in [3.63, 3.8) is 0 Å². The molecule has 3 aromatic heterocycles. The summed E-state index contributed by atoms with van der Waals surface area (Å²) < 4.78 is 28.7. The van der Waals surface area contributed by atoms with Gasteiger partial charge in [-0.1, -0.05) is 136 Å². The molecule has 0 saturated carbocycles. The van der Waals surface area contributed by atoms with Crippen LogP contribution in [0.3, 0.4) is 0 Å². The van der Waals surface area contributed by atoms with Gasteiger partial charge in [0, 0.05) is 30.5 Å². The fourth-order valence-electron chi connectivity index (χ4n) is 9.17. The Bertz CT molecular complexity index is 3460. The zero-order chi connectivity index (χ0) is 49.7. The third-order valence-electron chi connectivity index (χ3n) is 12.7. The Balaban J connectivity index is 0.000000230. The average Bonchev–Trinajstić information content (AvgIpc) is 3.92. The summed E-state index contributed by atoms with van der Waals surface area (Å²) in [5.74, 6) is 8.82. The standard InChI is InChI=1S/C43H35N2S.C19H26GeN.Ir/c1-27(2)33-14-10-15-34(28(3)4)41(33)45-39-19-9-8-18-38(39)44-43(45)37-17-11-16-36-35-25-24-32(26-40(35)46-42(36)37)31-22-20-30(21-23-31)29-12-6-5-7-13-29;1-14-8-10-15(11-9-14)18-12-16(19(2,3)4)17(13-21-18)20(5,6)7;/h5-16,18-28H,1-4H3;8-10,12-13H,1-7H3;/q2*-1;/i;1D3;. The largest absolute Gasteiger partial charge is 0 e. The van der Waals surface area contributed by atoms with Crippen LogP contribution in [0, 0.1) is 19.0 Å². The first kappa shape index (κ1) is 45.0. The predicted octanol–water partition coefficient (Wildman–Crippen LogP) is 17.1. The van der Waals surface area contributed by atoms with Crippen molar-refractivity contribution in [2.45, 2.75) is 89.8 Å². The molecule has 10 aromatic rings. The van der Waals surface area contributed by atoms with E-state index in [9.17, 15) is 0 Å². The van der Waals surface area contributed by atoms with Crippen LogP contribution in [0.25, 0.3) is 81.8 Å². The summed E-state index contributed by atoms with van der Waals surface area (Å²) in [5.41, 5.74) is 15.4. The minimum atomic E-state index is -2.09. The van der Waals surface area contributed by atoms with Crippen molar-refractivity contribution in [2.75, 3.05) is 0 Å². The molecule has 0 spiro atoms. The predicted molar refractivity (Wildman–Crippen MR) is 292 cm³/mol. The van der Waals surface area contributed by atoms with Crippen LogP contribution in [0.2, 0.25) is 17.3 Å². The van der Waals surface area contributed by atoms with Gasteiger partial charge in [-0.25, -0.2) is 0 Å². The average molecular weight is 1150 g/mol. The Kier molecular flexibility index (Phi) is 13.2. The summed E-state index contributed by atoms with van der Waals surface area (Å²) in [7, 11) is 0. The fraction of sp³-hybridized carbons (Fsp3) is 0.226. The van der Waals surface area contributed by atoms with E-state index in [4.69, 9.17) is 9.10 Å². The van der Waals surface area contributed by atoms with E-state index in [1.165, 1.54) is 69.2 Å². The first-order valence-corrected chi connectivity index (χ1v) is 31.6. The van der Waals surface area contributed by atoms with Crippen molar-refractivity contribution in [1.29, 1.82) is 0 Å². The molecule has 0 N–H and O–H groups in total. The van der Waals surface area contributed by atoms with Crippen LogP contribution in [-0.2, 0) is 25.5 Å². The van der Waals surface area contributed by atoms with Gasteiger partial charge in [0.05, 0.1) is 16.9 Å². The van der Waals surface area contributed by atoms with Gasteiger partial charge in [0.1, 0.15) is 0 Å². The van der Waals surface area contributed by atoms with Gasteiger partial charge < -0.3 is 4.57 Å². The maximum absolute atomic E-state index is 7.46. The number of nitrogens with zero attached hydrogens (tertiary/aromatic N) is 3. The molecule has 6 heteroatoms. The minimum absolute atomic E-state index is 0. The molecule has 0 unspecified atom stereocenters. The molecular formula is C62H61GeIrN3S-2. The number of pyridine rings is 1. The second-order valence-corrected chi connectivity index (χ2v) is 31.9. The van der Waals surface area contributed by atoms with E-state index in [0.717, 1.165) is 33.7 Å². The number of imidazole rings is 1. The second kappa shape index (κ2) is 19.9. The van der Waals surface area contributed by atoms with Crippen molar-refractivity contribution in [1.82, 2.24) is 14.5 Å². The van der Waals surface area contributed by atoms with Crippen LogP contribution in [-0.4, -0.2) is 27.8 Å². The third kappa shape index (κ3) is 9.87. The molecule has 0 bridgehead atoms. The Hall–Kier alpha value is -5.43. The number of thiophene rings is 1. The molecule has 3 nitrogen and oxygen atoms in total. The maximum Gasteiger partial charge on any atom is 0 e. The van der Waals surface area contributed by atoms with E-state index in [1.54, 1.807) is 18.2 Å². The molecule has 0 aliphatic heterocycles. The van der Waals surface area contributed by atoms with Crippen LogP contribution in [0.1, 0.15) is 86.7 Å². The Morgan fingerprint density at radius 2 is 1.32 bits per heavy atom. The molecule has 0 saturated heterocycles. The molecule has 345 valence electrons. The Labute approximate surface area is 428 Å². The van der Waals surface area contributed by atoms with E-state index in [1.807, 2.05) is 17.5 Å². The number of fused-ring (bicyclic) bond motifs is 4. The summed E-state index contributed by atoms with van der Waals surface area (Å²) in [6.45, 7) is 13.7.